The van der Waals surface area contributed by atoms with Gasteiger partial charge in [-0.25, -0.2) is 0 Å². The van der Waals surface area contributed by atoms with Crippen LogP contribution in [0.25, 0.3) is 0 Å². The van der Waals surface area contributed by atoms with Crippen molar-refractivity contribution >= 4 is 5.91 Å². The van der Waals surface area contributed by atoms with Crippen molar-refractivity contribution in [2.45, 2.75) is 13.3 Å². The van der Waals surface area contributed by atoms with Gasteiger partial charge in [-0.15, -0.1) is 0 Å². The quantitative estimate of drug-likeness (QED) is 0.600. The summed E-state index contributed by atoms with van der Waals surface area (Å²) in [5.41, 5.74) is 0.884. The Labute approximate surface area is 67.0 Å². The smallest absolute Gasteiger partial charge is 0.247 e. The summed E-state index contributed by atoms with van der Waals surface area (Å²) in [6.45, 7) is 2.06. The molecule has 1 rings (SSSR count). The van der Waals surface area contributed by atoms with Gasteiger partial charge in [0.1, 0.15) is 0 Å². The molecule has 0 radical (unpaired) electrons. The first-order valence-electron chi connectivity index (χ1n) is 3.84. The minimum Gasteiger partial charge on any atom is -0.355 e. The van der Waals surface area contributed by atoms with E-state index in [-0.39, 0.29) is 5.91 Å². The molecule has 1 aliphatic rings. The van der Waals surface area contributed by atoms with Crippen LogP contribution in [0.15, 0.2) is 23.8 Å². The Balaban J connectivity index is 2.75. The third kappa shape index (κ3) is 1.70. The van der Waals surface area contributed by atoms with Crippen molar-refractivity contribution in [1.82, 2.24) is 5.32 Å². The molecule has 2 heteroatoms. The number of nitrogens with one attached hydrogen (secondary N) is 1. The van der Waals surface area contributed by atoms with Gasteiger partial charge in [-0.05, 0) is 12.3 Å². The maximum absolute atomic E-state index is 11.2. The molecule has 0 saturated heterocycles. The van der Waals surface area contributed by atoms with Crippen LogP contribution in [0.5, 0.6) is 0 Å². The molecule has 0 saturated carbocycles. The second kappa shape index (κ2) is 3.37. The average Bonchev–Trinajstić information content (AvgIpc) is 2.04. The van der Waals surface area contributed by atoms with E-state index in [0.717, 1.165) is 12.0 Å². The van der Waals surface area contributed by atoms with Crippen molar-refractivity contribution in [3.05, 3.63) is 23.8 Å². The van der Waals surface area contributed by atoms with E-state index in [2.05, 4.69) is 18.3 Å². The number of hydrogen-bond donors (Lipinski definition) is 1. The van der Waals surface area contributed by atoms with Gasteiger partial charge in [-0.3, -0.25) is 4.79 Å². The summed E-state index contributed by atoms with van der Waals surface area (Å²) in [5, 5.41) is 2.62. The fourth-order valence-electron chi connectivity index (χ4n) is 1.19. The lowest BCUT2D eigenvalue weighted by Gasteiger charge is -2.14. The summed E-state index contributed by atoms with van der Waals surface area (Å²) in [6.07, 6.45) is 6.87. The second-order valence-electron chi connectivity index (χ2n) is 2.77. The number of hydrogen-bond acceptors (Lipinski definition) is 1. The number of carbonyl (C=O) groups is 1. The Morgan fingerprint density at radius 2 is 2.45 bits per heavy atom. The molecule has 1 N–H and O–H groups in total. The molecular formula is C9H13NO. The first kappa shape index (κ1) is 8.05. The van der Waals surface area contributed by atoms with Gasteiger partial charge in [-0.1, -0.05) is 25.2 Å². The Hall–Kier alpha value is -1.05. The van der Waals surface area contributed by atoms with Crippen LogP contribution in [-0.2, 0) is 4.79 Å². The molecular weight excluding hydrogens is 138 g/mol. The summed E-state index contributed by atoms with van der Waals surface area (Å²) < 4.78 is 0. The molecule has 0 aromatic carbocycles. The van der Waals surface area contributed by atoms with Crippen LogP contribution in [0.2, 0.25) is 0 Å². The van der Waals surface area contributed by atoms with Crippen LogP contribution in [0.3, 0.4) is 0 Å². The minimum atomic E-state index is 0.0434. The molecule has 1 unspecified atom stereocenters. The van der Waals surface area contributed by atoms with Crippen LogP contribution in [0.1, 0.15) is 13.3 Å². The molecule has 1 aliphatic carbocycles. The molecule has 0 fully saturated rings. The van der Waals surface area contributed by atoms with E-state index in [4.69, 9.17) is 0 Å². The van der Waals surface area contributed by atoms with E-state index in [9.17, 15) is 4.79 Å². The highest BCUT2D eigenvalue weighted by molar-refractivity contribution is 5.94. The maximum atomic E-state index is 11.2. The van der Waals surface area contributed by atoms with Crippen LogP contribution in [0.4, 0.5) is 0 Å². The molecule has 0 aromatic rings. The number of amides is 1. The highest BCUT2D eigenvalue weighted by Crippen LogP contribution is 2.19. The van der Waals surface area contributed by atoms with Crippen LogP contribution in [-0.4, -0.2) is 13.0 Å². The van der Waals surface area contributed by atoms with E-state index < -0.39 is 0 Å². The molecule has 0 aliphatic heterocycles. The van der Waals surface area contributed by atoms with Gasteiger partial charge in [0.25, 0.3) is 0 Å². The van der Waals surface area contributed by atoms with Crippen LogP contribution < -0.4 is 5.32 Å². The summed E-state index contributed by atoms with van der Waals surface area (Å²) >= 11 is 0. The molecule has 60 valence electrons. The van der Waals surface area contributed by atoms with E-state index in [1.165, 1.54) is 0 Å². The van der Waals surface area contributed by atoms with Gasteiger partial charge in [0.2, 0.25) is 5.91 Å². The number of rotatable bonds is 1. The zero-order chi connectivity index (χ0) is 8.27. The van der Waals surface area contributed by atoms with Gasteiger partial charge in [0.05, 0.1) is 0 Å². The zero-order valence-electron chi connectivity index (χ0n) is 6.92. The van der Waals surface area contributed by atoms with E-state index in [1.807, 2.05) is 12.2 Å². The van der Waals surface area contributed by atoms with Gasteiger partial charge < -0.3 is 5.32 Å². The first-order valence-corrected chi connectivity index (χ1v) is 3.84. The highest BCUT2D eigenvalue weighted by atomic mass is 16.1. The standard InChI is InChI=1S/C9H13NO/c1-7-5-3-4-6-8(7)9(11)10-2/h3-4,6-7H,5H2,1-2H3,(H,10,11). The van der Waals surface area contributed by atoms with E-state index >= 15 is 0 Å². The van der Waals surface area contributed by atoms with Gasteiger partial charge in [0.15, 0.2) is 0 Å². The molecule has 11 heavy (non-hydrogen) atoms. The summed E-state index contributed by atoms with van der Waals surface area (Å²) in [6, 6.07) is 0. The Morgan fingerprint density at radius 3 is 3.00 bits per heavy atom. The van der Waals surface area contributed by atoms with E-state index in [0.29, 0.717) is 5.92 Å². The average molecular weight is 151 g/mol. The summed E-state index contributed by atoms with van der Waals surface area (Å²) in [5.74, 6) is 0.404. The molecule has 1 atom stereocenters. The van der Waals surface area contributed by atoms with Crippen molar-refractivity contribution in [3.63, 3.8) is 0 Å². The monoisotopic (exact) mass is 151 g/mol. The van der Waals surface area contributed by atoms with Gasteiger partial charge >= 0.3 is 0 Å². The lowest BCUT2D eigenvalue weighted by Crippen LogP contribution is -2.24. The topological polar surface area (TPSA) is 29.1 Å². The van der Waals surface area contributed by atoms with Gasteiger partial charge in [-0.2, -0.15) is 0 Å². The Bertz CT molecular complexity index is 216. The van der Waals surface area contributed by atoms with Crippen molar-refractivity contribution in [3.8, 4) is 0 Å². The molecule has 2 nitrogen and oxygen atoms in total. The molecule has 0 aromatic heterocycles. The normalized spacial score (nSPS) is 22.7. The van der Waals surface area contributed by atoms with E-state index in [1.54, 1.807) is 7.05 Å². The fourth-order valence-corrected chi connectivity index (χ4v) is 1.19. The SMILES string of the molecule is CNC(=O)C1=CC=CCC1C. The molecule has 0 bridgehead atoms. The highest BCUT2D eigenvalue weighted by Gasteiger charge is 2.15. The maximum Gasteiger partial charge on any atom is 0.247 e. The fraction of sp³-hybridized carbons (Fsp3) is 0.444. The summed E-state index contributed by atoms with van der Waals surface area (Å²) in [4.78, 5) is 11.2. The van der Waals surface area contributed by atoms with Crippen molar-refractivity contribution in [2.75, 3.05) is 7.05 Å². The van der Waals surface area contributed by atoms with Crippen LogP contribution in [0, 0.1) is 5.92 Å². The predicted molar refractivity (Wildman–Crippen MR) is 45.1 cm³/mol. The Kier molecular flexibility index (Phi) is 2.47. The van der Waals surface area contributed by atoms with Crippen LogP contribution >= 0.6 is 0 Å². The first-order chi connectivity index (χ1) is 5.25. The van der Waals surface area contributed by atoms with Gasteiger partial charge in [0, 0.05) is 12.6 Å². The predicted octanol–water partition coefficient (Wildman–Crippen LogP) is 1.25. The second-order valence-corrected chi connectivity index (χ2v) is 2.77. The van der Waals surface area contributed by atoms with Crippen molar-refractivity contribution in [2.24, 2.45) is 5.92 Å². The number of allylic oxidation sites excluding steroid dienone is 3. The summed E-state index contributed by atoms with van der Waals surface area (Å²) in [7, 11) is 1.66. The Morgan fingerprint density at radius 1 is 1.73 bits per heavy atom. The lowest BCUT2D eigenvalue weighted by molar-refractivity contribution is -0.117. The largest absolute Gasteiger partial charge is 0.355 e. The lowest BCUT2D eigenvalue weighted by atomic mass is 9.93. The molecule has 0 heterocycles. The van der Waals surface area contributed by atoms with Crippen molar-refractivity contribution in [1.29, 1.82) is 0 Å². The molecule has 0 spiro atoms. The minimum absolute atomic E-state index is 0.0434. The third-order valence-corrected chi connectivity index (χ3v) is 1.92. The number of carbonyl (C=O) groups excluding carboxylic acids is 1. The third-order valence-electron chi connectivity index (χ3n) is 1.92. The van der Waals surface area contributed by atoms with Crippen molar-refractivity contribution < 1.29 is 4.79 Å². The zero-order valence-corrected chi connectivity index (χ0v) is 6.92. The number of likely N-dealkylation sites (N-methyl/N-ethyl adjacent to an activating group) is 1. The molecule has 1 amide bonds.